The third kappa shape index (κ3) is 4.18. The van der Waals surface area contributed by atoms with Gasteiger partial charge in [-0.3, -0.25) is 4.79 Å². The summed E-state index contributed by atoms with van der Waals surface area (Å²) in [7, 11) is 4.27. The van der Waals surface area contributed by atoms with Gasteiger partial charge in [0.25, 0.3) is 0 Å². The molecule has 0 radical (unpaired) electrons. The SMILES string of the molecule is CCC(CC)NC(=O)C(C)NCC1(N(C)C)CCC1. The van der Waals surface area contributed by atoms with Crippen LogP contribution < -0.4 is 10.6 Å². The number of carbonyl (C=O) groups is 1. The second-order valence-corrected chi connectivity index (χ2v) is 6.10. The van der Waals surface area contributed by atoms with Gasteiger partial charge in [-0.05, 0) is 53.1 Å². The maximum absolute atomic E-state index is 12.1. The molecule has 0 aliphatic heterocycles. The Bertz CT molecular complexity index is 283. The molecule has 4 heteroatoms. The van der Waals surface area contributed by atoms with Gasteiger partial charge in [-0.2, -0.15) is 0 Å². The zero-order valence-electron chi connectivity index (χ0n) is 13.3. The fourth-order valence-electron chi connectivity index (χ4n) is 2.62. The van der Waals surface area contributed by atoms with Crippen molar-refractivity contribution in [3.8, 4) is 0 Å². The minimum atomic E-state index is -0.113. The van der Waals surface area contributed by atoms with Crippen molar-refractivity contribution in [2.75, 3.05) is 20.6 Å². The predicted octanol–water partition coefficient (Wildman–Crippen LogP) is 1.75. The van der Waals surface area contributed by atoms with Crippen LogP contribution in [-0.2, 0) is 4.79 Å². The first kappa shape index (κ1) is 16.4. The number of nitrogens with one attached hydrogen (secondary N) is 2. The molecule has 1 aliphatic rings. The fraction of sp³-hybridized carbons (Fsp3) is 0.933. The topological polar surface area (TPSA) is 44.4 Å². The summed E-state index contributed by atoms with van der Waals surface area (Å²) in [6, 6.07) is 0.196. The monoisotopic (exact) mass is 269 g/mol. The second kappa shape index (κ2) is 7.25. The molecule has 0 aromatic rings. The van der Waals surface area contributed by atoms with Crippen LogP contribution in [-0.4, -0.2) is 49.1 Å². The van der Waals surface area contributed by atoms with Crippen LogP contribution in [0.3, 0.4) is 0 Å². The first-order chi connectivity index (χ1) is 8.95. The molecule has 1 amide bonds. The van der Waals surface area contributed by atoms with Crippen molar-refractivity contribution < 1.29 is 4.79 Å². The molecule has 4 nitrogen and oxygen atoms in total. The molecule has 1 fully saturated rings. The minimum absolute atomic E-state index is 0.113. The van der Waals surface area contributed by atoms with Crippen LogP contribution in [0.2, 0.25) is 0 Å². The van der Waals surface area contributed by atoms with Crippen molar-refractivity contribution in [1.29, 1.82) is 0 Å². The van der Waals surface area contributed by atoms with Crippen LogP contribution in [0.15, 0.2) is 0 Å². The predicted molar refractivity (Wildman–Crippen MR) is 80.2 cm³/mol. The molecule has 0 aromatic carbocycles. The first-order valence-corrected chi connectivity index (χ1v) is 7.66. The lowest BCUT2D eigenvalue weighted by atomic mass is 9.75. The Morgan fingerprint density at radius 3 is 2.21 bits per heavy atom. The number of hydrogen-bond donors (Lipinski definition) is 2. The summed E-state index contributed by atoms with van der Waals surface area (Å²) in [6.07, 6.45) is 5.75. The smallest absolute Gasteiger partial charge is 0.237 e. The van der Waals surface area contributed by atoms with Crippen LogP contribution >= 0.6 is 0 Å². The van der Waals surface area contributed by atoms with Crippen LogP contribution in [0.5, 0.6) is 0 Å². The van der Waals surface area contributed by atoms with Crippen molar-refractivity contribution in [2.24, 2.45) is 0 Å². The van der Waals surface area contributed by atoms with Crippen LogP contribution in [0.4, 0.5) is 0 Å². The number of nitrogens with zero attached hydrogens (tertiary/aromatic N) is 1. The second-order valence-electron chi connectivity index (χ2n) is 6.10. The standard InChI is InChI=1S/C15H31N3O/c1-6-13(7-2)17-14(19)12(3)16-11-15(18(4)5)9-8-10-15/h12-13,16H,6-11H2,1-5H3,(H,17,19). The van der Waals surface area contributed by atoms with Crippen molar-refractivity contribution in [1.82, 2.24) is 15.5 Å². The van der Waals surface area contributed by atoms with Crippen molar-refractivity contribution >= 4 is 5.91 Å². The van der Waals surface area contributed by atoms with Crippen LogP contribution in [0.25, 0.3) is 0 Å². The highest BCUT2D eigenvalue weighted by Gasteiger charge is 2.39. The van der Waals surface area contributed by atoms with Crippen molar-refractivity contribution in [3.05, 3.63) is 0 Å². The average Bonchev–Trinajstić information content (AvgIpc) is 2.33. The van der Waals surface area contributed by atoms with E-state index in [9.17, 15) is 4.79 Å². The highest BCUT2D eigenvalue weighted by Crippen LogP contribution is 2.35. The van der Waals surface area contributed by atoms with Gasteiger partial charge in [-0.1, -0.05) is 13.8 Å². The highest BCUT2D eigenvalue weighted by atomic mass is 16.2. The van der Waals surface area contributed by atoms with Gasteiger partial charge in [0.05, 0.1) is 6.04 Å². The zero-order valence-corrected chi connectivity index (χ0v) is 13.3. The Kier molecular flexibility index (Phi) is 6.27. The van der Waals surface area contributed by atoms with Gasteiger partial charge >= 0.3 is 0 Å². The Balaban J connectivity index is 2.38. The summed E-state index contributed by atoms with van der Waals surface area (Å²) in [5.74, 6) is 0.127. The van der Waals surface area contributed by atoms with Crippen molar-refractivity contribution in [2.45, 2.75) is 70.5 Å². The molecular weight excluding hydrogens is 238 g/mol. The maximum atomic E-state index is 12.1. The Labute approximate surface area is 118 Å². The summed E-state index contributed by atoms with van der Waals surface area (Å²) in [6.45, 7) is 7.08. The molecule has 112 valence electrons. The van der Waals surface area contributed by atoms with Gasteiger partial charge in [0, 0.05) is 18.1 Å². The molecule has 1 rings (SSSR count). The molecule has 1 saturated carbocycles. The van der Waals surface area contributed by atoms with Gasteiger partial charge in [0.1, 0.15) is 0 Å². The first-order valence-electron chi connectivity index (χ1n) is 7.66. The molecule has 1 atom stereocenters. The number of likely N-dealkylation sites (N-methyl/N-ethyl adjacent to an activating group) is 1. The Hall–Kier alpha value is -0.610. The van der Waals surface area contributed by atoms with E-state index in [-0.39, 0.29) is 17.5 Å². The van der Waals surface area contributed by atoms with E-state index in [0.717, 1.165) is 19.4 Å². The fourth-order valence-corrected chi connectivity index (χ4v) is 2.62. The summed E-state index contributed by atoms with van der Waals surface area (Å²) < 4.78 is 0. The quantitative estimate of drug-likeness (QED) is 0.705. The van der Waals surface area contributed by atoms with Gasteiger partial charge < -0.3 is 15.5 Å². The van der Waals surface area contributed by atoms with E-state index < -0.39 is 0 Å². The lowest BCUT2D eigenvalue weighted by Gasteiger charge is -2.48. The molecule has 1 unspecified atom stereocenters. The molecule has 0 aromatic heterocycles. The summed E-state index contributed by atoms with van der Waals surface area (Å²) >= 11 is 0. The molecule has 0 heterocycles. The summed E-state index contributed by atoms with van der Waals surface area (Å²) in [4.78, 5) is 14.4. The molecule has 0 bridgehead atoms. The van der Waals surface area contributed by atoms with Gasteiger partial charge in [-0.15, -0.1) is 0 Å². The van der Waals surface area contributed by atoms with E-state index >= 15 is 0 Å². The van der Waals surface area contributed by atoms with E-state index in [1.165, 1.54) is 19.3 Å². The number of amides is 1. The normalized spacial score (nSPS) is 19.3. The third-order valence-electron chi connectivity index (χ3n) is 4.70. The van der Waals surface area contributed by atoms with E-state index in [4.69, 9.17) is 0 Å². The largest absolute Gasteiger partial charge is 0.352 e. The molecule has 1 aliphatic carbocycles. The highest BCUT2D eigenvalue weighted by molar-refractivity contribution is 5.81. The summed E-state index contributed by atoms with van der Waals surface area (Å²) in [5.41, 5.74) is 0.267. The Morgan fingerprint density at radius 1 is 1.26 bits per heavy atom. The van der Waals surface area contributed by atoms with Crippen LogP contribution in [0, 0.1) is 0 Å². The van der Waals surface area contributed by atoms with Gasteiger partial charge in [0.2, 0.25) is 5.91 Å². The average molecular weight is 269 g/mol. The zero-order chi connectivity index (χ0) is 14.5. The van der Waals surface area contributed by atoms with Crippen molar-refractivity contribution in [3.63, 3.8) is 0 Å². The molecular formula is C15H31N3O. The van der Waals surface area contributed by atoms with E-state index in [0.29, 0.717) is 6.04 Å². The Morgan fingerprint density at radius 2 is 1.84 bits per heavy atom. The maximum Gasteiger partial charge on any atom is 0.237 e. The number of hydrogen-bond acceptors (Lipinski definition) is 3. The van der Waals surface area contributed by atoms with E-state index in [2.05, 4.69) is 43.5 Å². The van der Waals surface area contributed by atoms with Gasteiger partial charge in [-0.25, -0.2) is 0 Å². The number of carbonyl (C=O) groups excluding carboxylic acids is 1. The molecule has 2 N–H and O–H groups in total. The van der Waals surface area contributed by atoms with Crippen LogP contribution in [0.1, 0.15) is 52.9 Å². The number of rotatable bonds is 8. The summed E-state index contributed by atoms with van der Waals surface area (Å²) in [5, 5.41) is 6.51. The molecule has 0 saturated heterocycles. The van der Waals surface area contributed by atoms with E-state index in [1.807, 2.05) is 6.92 Å². The lowest BCUT2D eigenvalue weighted by Crippen LogP contribution is -2.59. The van der Waals surface area contributed by atoms with Gasteiger partial charge in [0.15, 0.2) is 0 Å². The van der Waals surface area contributed by atoms with E-state index in [1.54, 1.807) is 0 Å². The molecule has 19 heavy (non-hydrogen) atoms. The lowest BCUT2D eigenvalue weighted by molar-refractivity contribution is -0.123. The third-order valence-corrected chi connectivity index (χ3v) is 4.70. The molecule has 0 spiro atoms. The minimum Gasteiger partial charge on any atom is -0.352 e.